The van der Waals surface area contributed by atoms with Crippen LogP contribution in [0.25, 0.3) is 0 Å². The van der Waals surface area contributed by atoms with E-state index >= 15 is 0 Å². The summed E-state index contributed by atoms with van der Waals surface area (Å²) in [4.78, 5) is 281. The molecule has 0 spiro atoms. The summed E-state index contributed by atoms with van der Waals surface area (Å²) >= 11 is 1.48. The Hall–Kier alpha value is -11.9. The van der Waals surface area contributed by atoms with Crippen LogP contribution in [0, 0.1) is 23.7 Å². The topological polar surface area (TPSA) is 717 Å². The summed E-state index contributed by atoms with van der Waals surface area (Å²) in [7, 11) is 0. The van der Waals surface area contributed by atoms with Gasteiger partial charge in [-0.15, -0.1) is 0 Å². The first kappa shape index (κ1) is 111. The molecule has 3 heterocycles. The van der Waals surface area contributed by atoms with Crippen LogP contribution >= 0.6 is 11.8 Å². The minimum atomic E-state index is -2.01. The molecule has 26 N–H and O–H groups in total. The van der Waals surface area contributed by atoms with Gasteiger partial charge in [0.2, 0.25) is 106 Å². The number of guanidine groups is 1. The fourth-order valence-electron chi connectivity index (χ4n) is 14.8. The Balaban J connectivity index is 1.46. The van der Waals surface area contributed by atoms with Crippen LogP contribution in [0.4, 0.5) is 0 Å². The molecule has 131 heavy (non-hydrogen) atoms. The average molecular weight is 1870 g/mol. The van der Waals surface area contributed by atoms with Crippen molar-refractivity contribution in [2.45, 2.75) is 288 Å². The van der Waals surface area contributed by atoms with E-state index in [4.69, 9.17) is 22.9 Å². The molecule has 18 amide bonds. The lowest BCUT2D eigenvalue weighted by molar-refractivity contribution is -0.149. The molecular weight excluding hydrogens is 1730 g/mol. The molecule has 1 aromatic carbocycles. The van der Waals surface area contributed by atoms with Crippen LogP contribution in [-0.2, 0) is 102 Å². The summed E-state index contributed by atoms with van der Waals surface area (Å²) < 4.78 is 0. The van der Waals surface area contributed by atoms with E-state index in [1.165, 1.54) is 68.0 Å². The Morgan fingerprint density at radius 3 is 1.44 bits per heavy atom. The Morgan fingerprint density at radius 2 is 0.908 bits per heavy atom. The van der Waals surface area contributed by atoms with Gasteiger partial charge < -0.3 is 132 Å². The molecule has 0 saturated carbocycles. The standard InChI is InChI=1S/C84H136N22O24S/c1-41(2)33-52(72(118)92-45(9)67(113)90-39-63(110)91-46(10)68(114)95-53(34-42(3)4)73(119)100-57(83(129)130)37-62(86)109)96-76(122)58(40-107)101-74(120)54(36-49-21-15-14-16-22-49)97-75(121)55(38-64(111)112)98-79(125)65(44(7)8)102-71(117)51(23-17-28-89-84(87)88)94-69(115)47(11)93-77(123)59-24-18-29-104(59)80(126)56(35-43(5)6)99-78(124)60-25-19-30-105(60)81(127)61-26-20-31-106(61)82(128)66(48(12)108)103-70(116)50(85)27-32-131-13/h14-16,21-22,41-48,50-61,65-66,107-108H,17-20,23-40,85H2,1-13H3,(H2,86,109)(H,90,113)(H,91,110)(H,92,118)(H,93,123)(H,94,115)(H,95,114)(H,96,122)(H,97,121)(H,98,125)(H,99,124)(H,100,119)(H,101,120)(H,102,117)(H,103,116)(H,111,112)(H,129,130)(H4,87,88,89)/t45-,46-,47-,48+,50-,51-,52-,53-,54-,55-,56-,57-,58-,59-,60-,61-,65-,66-/m0/s1. The summed E-state index contributed by atoms with van der Waals surface area (Å²) in [5.41, 5.74) is 22.7. The minimum absolute atomic E-state index is 0.00898. The SMILES string of the molecule is CSCC[C@H](N)C(=O)N[C@H](C(=O)N1CCC[C@H]1C(=O)N1CCC[C@H]1C(=O)N[C@@H](CC(C)C)C(=O)N1CCC[C@H]1C(=O)N[C@@H](C)C(=O)N[C@@H](CCCN=C(N)N)C(=O)N[C@H](C(=O)N[C@@H](CC(=O)O)C(=O)N[C@@H](Cc1ccccc1)C(=O)N[C@@H](CO)C(=O)N[C@@H](CC(C)C)C(=O)N[C@@H](C)C(=O)NCC(=O)N[C@@H](C)C(=O)N[C@@H](CC(C)C)C(=O)N[C@@H](CC(N)=O)C(=O)O)C(C)C)[C@@H](C)O. The first-order valence-corrected chi connectivity index (χ1v) is 45.4. The number of amides is 18. The summed E-state index contributed by atoms with van der Waals surface area (Å²) in [6.45, 7) is 16.9. The summed E-state index contributed by atoms with van der Waals surface area (Å²) in [5.74, 6) is -20.7. The quantitative estimate of drug-likeness (QED) is 0.0164. The minimum Gasteiger partial charge on any atom is -0.481 e. The molecule has 0 aromatic heterocycles. The van der Waals surface area contributed by atoms with Crippen molar-refractivity contribution < 1.29 is 116 Å². The molecule has 0 radical (unpaired) electrons. The van der Waals surface area contributed by atoms with Crippen molar-refractivity contribution in [1.82, 2.24) is 89.1 Å². The van der Waals surface area contributed by atoms with Gasteiger partial charge >= 0.3 is 11.9 Å². The zero-order valence-corrected chi connectivity index (χ0v) is 77.4. The number of carbonyl (C=O) groups excluding carboxylic acids is 18. The molecule has 46 nitrogen and oxygen atoms in total. The predicted molar refractivity (Wildman–Crippen MR) is 476 cm³/mol. The normalized spacial score (nSPS) is 18.2. The number of carboxylic acid groups (broad SMARTS) is 2. The third kappa shape index (κ3) is 36.8. The lowest BCUT2D eigenvalue weighted by Gasteiger charge is -2.34. The molecule has 0 aliphatic carbocycles. The summed E-state index contributed by atoms with van der Waals surface area (Å²) in [5, 5.41) is 75.3. The molecular formula is C84H136N22O24S. The Bertz CT molecular complexity index is 4200. The highest BCUT2D eigenvalue weighted by Gasteiger charge is 2.47. The number of likely N-dealkylation sites (tertiary alicyclic amines) is 3. The number of carbonyl (C=O) groups is 20. The zero-order valence-electron chi connectivity index (χ0n) is 76.6. The van der Waals surface area contributed by atoms with Gasteiger partial charge in [0.05, 0.1) is 38.1 Å². The van der Waals surface area contributed by atoms with Gasteiger partial charge in [-0.2, -0.15) is 11.8 Å². The van der Waals surface area contributed by atoms with E-state index in [0.717, 1.165) is 0 Å². The number of aliphatic hydroxyl groups is 2. The van der Waals surface area contributed by atoms with Crippen molar-refractivity contribution in [2.24, 2.45) is 51.6 Å². The number of nitrogens with two attached hydrogens (primary N) is 4. The van der Waals surface area contributed by atoms with Crippen molar-refractivity contribution >= 4 is 136 Å². The third-order valence-corrected chi connectivity index (χ3v) is 22.4. The summed E-state index contributed by atoms with van der Waals surface area (Å²) in [6, 6.07) is -16.3. The number of nitrogens with one attached hydrogen (secondary N) is 14. The molecule has 4 rings (SSSR count). The molecule has 0 unspecified atom stereocenters. The van der Waals surface area contributed by atoms with Gasteiger partial charge in [0.1, 0.15) is 96.7 Å². The monoisotopic (exact) mass is 1870 g/mol. The Labute approximate surface area is 765 Å². The lowest BCUT2D eigenvalue weighted by Crippen LogP contribution is -2.62. The number of hydrogen-bond acceptors (Lipinski definition) is 25. The first-order valence-electron chi connectivity index (χ1n) is 44.0. The number of rotatable bonds is 54. The van der Waals surface area contributed by atoms with Crippen molar-refractivity contribution in [3.63, 3.8) is 0 Å². The van der Waals surface area contributed by atoms with Crippen LogP contribution in [0.3, 0.4) is 0 Å². The maximum Gasteiger partial charge on any atom is 0.326 e. The van der Waals surface area contributed by atoms with E-state index in [9.17, 15) is 116 Å². The number of benzene rings is 1. The molecule has 3 aliphatic rings. The number of aliphatic carboxylic acids is 2. The number of primary amides is 1. The number of hydrogen-bond donors (Lipinski definition) is 22. The van der Waals surface area contributed by atoms with Gasteiger partial charge in [-0.1, -0.05) is 85.7 Å². The van der Waals surface area contributed by atoms with Crippen molar-refractivity contribution in [3.05, 3.63) is 35.9 Å². The second-order valence-electron chi connectivity index (χ2n) is 34.7. The second-order valence-corrected chi connectivity index (χ2v) is 35.7. The van der Waals surface area contributed by atoms with Crippen LogP contribution in [0.15, 0.2) is 35.3 Å². The van der Waals surface area contributed by atoms with E-state index in [1.807, 2.05) is 20.1 Å². The first-order chi connectivity index (χ1) is 61.5. The van der Waals surface area contributed by atoms with Crippen molar-refractivity contribution in [2.75, 3.05) is 51.3 Å². The fourth-order valence-corrected chi connectivity index (χ4v) is 15.3. The molecule has 1 aromatic rings. The smallest absolute Gasteiger partial charge is 0.326 e. The average Bonchev–Trinajstić information content (AvgIpc) is 1.66. The van der Waals surface area contributed by atoms with Gasteiger partial charge in [0.15, 0.2) is 5.96 Å². The molecule has 732 valence electrons. The highest BCUT2D eigenvalue weighted by Crippen LogP contribution is 2.28. The number of nitrogens with zero attached hydrogens (tertiary/aromatic N) is 4. The van der Waals surface area contributed by atoms with Crippen LogP contribution < -0.4 is 97.4 Å². The highest BCUT2D eigenvalue weighted by atomic mass is 32.2. The number of carboxylic acids is 2. The van der Waals surface area contributed by atoms with Crippen LogP contribution in [0.5, 0.6) is 0 Å². The van der Waals surface area contributed by atoms with E-state index in [1.54, 1.807) is 58.0 Å². The predicted octanol–water partition coefficient (Wildman–Crippen LogP) is -6.58. The van der Waals surface area contributed by atoms with Gasteiger partial charge in [-0.3, -0.25) is 96.1 Å². The van der Waals surface area contributed by atoms with Gasteiger partial charge in [-0.25, -0.2) is 4.79 Å². The maximum atomic E-state index is 14.7. The van der Waals surface area contributed by atoms with Crippen LogP contribution in [0.1, 0.15) is 179 Å². The largest absolute Gasteiger partial charge is 0.481 e. The van der Waals surface area contributed by atoms with E-state index in [0.29, 0.717) is 37.0 Å². The molecule has 3 aliphatic heterocycles. The number of thioether (sulfide) groups is 1. The van der Waals surface area contributed by atoms with Crippen LogP contribution in [-0.4, -0.2) is 320 Å². The molecule has 3 saturated heterocycles. The van der Waals surface area contributed by atoms with Gasteiger partial charge in [0, 0.05) is 32.6 Å². The maximum absolute atomic E-state index is 14.7. The summed E-state index contributed by atoms with van der Waals surface area (Å²) in [6.07, 6.45) is 0.130. The Morgan fingerprint density at radius 1 is 0.458 bits per heavy atom. The van der Waals surface area contributed by atoms with Crippen molar-refractivity contribution in [1.29, 1.82) is 0 Å². The van der Waals surface area contributed by atoms with E-state index in [2.05, 4.69) is 79.4 Å². The second kappa shape index (κ2) is 54.7. The lowest BCUT2D eigenvalue weighted by atomic mass is 10.0. The fraction of sp³-hybridized carbons (Fsp3) is 0.679. The Kier molecular flexibility index (Phi) is 46.5. The van der Waals surface area contributed by atoms with Gasteiger partial charge in [0.25, 0.3) is 0 Å². The molecule has 47 heteroatoms. The highest BCUT2D eigenvalue weighted by molar-refractivity contribution is 7.98. The van der Waals surface area contributed by atoms with E-state index in [-0.39, 0.29) is 108 Å². The molecule has 3 fully saturated rings. The van der Waals surface area contributed by atoms with Crippen molar-refractivity contribution in [3.8, 4) is 0 Å². The zero-order chi connectivity index (χ0) is 98.5. The number of aliphatic imine (C=N–C) groups is 1. The molecule has 0 bridgehead atoms. The van der Waals surface area contributed by atoms with E-state index < -0.39 is 259 Å². The number of aliphatic hydroxyl groups excluding tert-OH is 2. The third-order valence-electron chi connectivity index (χ3n) is 21.8. The van der Waals surface area contributed by atoms with Gasteiger partial charge in [-0.05, 0) is 146 Å². The molecule has 18 atom stereocenters. The van der Waals surface area contributed by atoms with Crippen LogP contribution in [0.2, 0.25) is 0 Å².